The molecule has 0 aromatic carbocycles. The molecule has 1 aromatic heterocycles. The lowest BCUT2D eigenvalue weighted by molar-refractivity contribution is 0.505. The number of fused-ring (bicyclic) bond motifs is 1. The SMILES string of the molecule is CC1Cc2[nH]nc(C3CCCC3)c2CN1. The number of nitrogens with zero attached hydrogens (tertiary/aromatic N) is 1. The van der Waals surface area contributed by atoms with E-state index in [1.807, 2.05) is 0 Å². The van der Waals surface area contributed by atoms with Gasteiger partial charge in [0, 0.05) is 36.2 Å². The average molecular weight is 205 g/mol. The third kappa shape index (κ3) is 1.59. The lowest BCUT2D eigenvalue weighted by atomic mass is 9.95. The molecule has 2 aliphatic rings. The third-order valence-electron chi connectivity index (χ3n) is 3.86. The lowest BCUT2D eigenvalue weighted by Gasteiger charge is -2.21. The van der Waals surface area contributed by atoms with Crippen molar-refractivity contribution in [3.63, 3.8) is 0 Å². The maximum absolute atomic E-state index is 4.55. The maximum Gasteiger partial charge on any atom is 0.0700 e. The zero-order valence-electron chi connectivity index (χ0n) is 9.34. The van der Waals surface area contributed by atoms with Gasteiger partial charge in [-0.25, -0.2) is 0 Å². The summed E-state index contributed by atoms with van der Waals surface area (Å²) in [5.74, 6) is 0.736. The quantitative estimate of drug-likeness (QED) is 0.737. The monoisotopic (exact) mass is 205 g/mol. The molecule has 0 saturated heterocycles. The van der Waals surface area contributed by atoms with Crippen molar-refractivity contribution in [1.29, 1.82) is 0 Å². The second kappa shape index (κ2) is 3.63. The predicted octanol–water partition coefficient (Wildman–Crippen LogP) is 2.10. The van der Waals surface area contributed by atoms with E-state index in [0.29, 0.717) is 6.04 Å². The van der Waals surface area contributed by atoms with Crippen LogP contribution in [0.5, 0.6) is 0 Å². The molecule has 1 aromatic rings. The van der Waals surface area contributed by atoms with Crippen molar-refractivity contribution in [3.8, 4) is 0 Å². The van der Waals surface area contributed by atoms with Crippen LogP contribution in [0.25, 0.3) is 0 Å². The third-order valence-corrected chi connectivity index (χ3v) is 3.86. The molecule has 3 heteroatoms. The first-order valence-electron chi connectivity index (χ1n) is 6.14. The largest absolute Gasteiger partial charge is 0.310 e. The number of hydrogen-bond acceptors (Lipinski definition) is 2. The number of aromatic nitrogens is 2. The van der Waals surface area contributed by atoms with E-state index in [9.17, 15) is 0 Å². The minimum atomic E-state index is 0.592. The highest BCUT2D eigenvalue weighted by Gasteiger charge is 2.26. The van der Waals surface area contributed by atoms with Gasteiger partial charge in [-0.15, -0.1) is 0 Å². The minimum Gasteiger partial charge on any atom is -0.310 e. The number of rotatable bonds is 1. The van der Waals surface area contributed by atoms with Crippen LogP contribution in [0.2, 0.25) is 0 Å². The van der Waals surface area contributed by atoms with Gasteiger partial charge >= 0.3 is 0 Å². The summed E-state index contributed by atoms with van der Waals surface area (Å²) in [5, 5.41) is 11.3. The Bertz CT molecular complexity index is 350. The number of nitrogens with one attached hydrogen (secondary N) is 2. The van der Waals surface area contributed by atoms with E-state index < -0.39 is 0 Å². The van der Waals surface area contributed by atoms with E-state index in [1.165, 1.54) is 42.6 Å². The van der Waals surface area contributed by atoms with Crippen molar-refractivity contribution in [2.45, 2.75) is 57.5 Å². The molecule has 3 rings (SSSR count). The molecule has 0 spiro atoms. The average Bonchev–Trinajstić information content (AvgIpc) is 2.82. The first-order valence-corrected chi connectivity index (χ1v) is 6.14. The van der Waals surface area contributed by atoms with Gasteiger partial charge in [0.05, 0.1) is 5.69 Å². The van der Waals surface area contributed by atoms with Crippen LogP contribution in [0.1, 0.15) is 55.5 Å². The van der Waals surface area contributed by atoms with Gasteiger partial charge in [-0.1, -0.05) is 12.8 Å². The molecular weight excluding hydrogens is 186 g/mol. The Hall–Kier alpha value is -0.830. The van der Waals surface area contributed by atoms with Crippen molar-refractivity contribution in [2.75, 3.05) is 0 Å². The van der Waals surface area contributed by atoms with Gasteiger partial charge in [0.2, 0.25) is 0 Å². The van der Waals surface area contributed by atoms with Crippen molar-refractivity contribution in [3.05, 3.63) is 17.0 Å². The molecule has 2 heterocycles. The summed E-state index contributed by atoms with van der Waals surface area (Å²) in [6.45, 7) is 3.25. The summed E-state index contributed by atoms with van der Waals surface area (Å²) in [6.07, 6.45) is 6.56. The Labute approximate surface area is 90.7 Å². The number of H-pyrrole nitrogens is 1. The van der Waals surface area contributed by atoms with Crippen LogP contribution >= 0.6 is 0 Å². The van der Waals surface area contributed by atoms with Crippen molar-refractivity contribution >= 4 is 0 Å². The highest BCUT2D eigenvalue weighted by molar-refractivity contribution is 5.31. The van der Waals surface area contributed by atoms with Gasteiger partial charge in [-0.3, -0.25) is 5.10 Å². The Morgan fingerprint density at radius 1 is 1.27 bits per heavy atom. The standard InChI is InChI=1S/C12H19N3/c1-8-6-11-10(7-13-8)12(15-14-11)9-4-2-3-5-9/h8-9,13H,2-7H2,1H3,(H,14,15). The second-order valence-electron chi connectivity index (χ2n) is 5.03. The topological polar surface area (TPSA) is 40.7 Å². The molecule has 15 heavy (non-hydrogen) atoms. The van der Waals surface area contributed by atoms with Crippen LogP contribution in [0.3, 0.4) is 0 Å². The summed E-state index contributed by atoms with van der Waals surface area (Å²) in [4.78, 5) is 0. The summed E-state index contributed by atoms with van der Waals surface area (Å²) < 4.78 is 0. The summed E-state index contributed by atoms with van der Waals surface area (Å²) in [5.41, 5.74) is 4.21. The van der Waals surface area contributed by atoms with E-state index in [-0.39, 0.29) is 0 Å². The Morgan fingerprint density at radius 3 is 2.87 bits per heavy atom. The number of hydrogen-bond donors (Lipinski definition) is 2. The van der Waals surface area contributed by atoms with Gasteiger partial charge in [0.1, 0.15) is 0 Å². The Morgan fingerprint density at radius 2 is 2.07 bits per heavy atom. The highest BCUT2D eigenvalue weighted by atomic mass is 15.1. The predicted molar refractivity (Wildman–Crippen MR) is 59.8 cm³/mol. The molecule has 1 fully saturated rings. The Balaban J connectivity index is 1.90. The summed E-state index contributed by atoms with van der Waals surface area (Å²) in [6, 6.07) is 0.592. The molecular formula is C12H19N3. The molecule has 0 bridgehead atoms. The van der Waals surface area contributed by atoms with Gasteiger partial charge in [-0.05, 0) is 19.8 Å². The van der Waals surface area contributed by atoms with Crippen LogP contribution in [0.15, 0.2) is 0 Å². The second-order valence-corrected chi connectivity index (χ2v) is 5.03. The van der Waals surface area contributed by atoms with Gasteiger partial charge < -0.3 is 5.32 Å². The zero-order valence-corrected chi connectivity index (χ0v) is 9.34. The molecule has 1 aliphatic heterocycles. The van der Waals surface area contributed by atoms with Gasteiger partial charge in [0.25, 0.3) is 0 Å². The smallest absolute Gasteiger partial charge is 0.0700 e. The fraction of sp³-hybridized carbons (Fsp3) is 0.750. The molecule has 82 valence electrons. The van der Waals surface area contributed by atoms with Crippen LogP contribution in [0, 0.1) is 0 Å². The normalized spacial score (nSPS) is 26.9. The molecule has 0 radical (unpaired) electrons. The fourth-order valence-electron chi connectivity index (χ4n) is 2.97. The first kappa shape index (κ1) is 9.40. The van der Waals surface area contributed by atoms with Crippen LogP contribution < -0.4 is 5.32 Å². The molecule has 1 unspecified atom stereocenters. The number of aromatic amines is 1. The van der Waals surface area contributed by atoms with E-state index in [0.717, 1.165) is 18.9 Å². The molecule has 0 amide bonds. The van der Waals surface area contributed by atoms with E-state index in [4.69, 9.17) is 0 Å². The van der Waals surface area contributed by atoms with Crippen molar-refractivity contribution in [1.82, 2.24) is 15.5 Å². The molecule has 1 saturated carbocycles. The zero-order chi connectivity index (χ0) is 10.3. The van der Waals surface area contributed by atoms with Gasteiger partial charge in [-0.2, -0.15) is 5.10 Å². The summed E-state index contributed by atoms with van der Waals surface area (Å²) >= 11 is 0. The molecule has 1 atom stereocenters. The lowest BCUT2D eigenvalue weighted by Crippen LogP contribution is -2.33. The van der Waals surface area contributed by atoms with Crippen LogP contribution in [-0.4, -0.2) is 16.2 Å². The fourth-order valence-corrected chi connectivity index (χ4v) is 2.97. The van der Waals surface area contributed by atoms with Gasteiger partial charge in [0.15, 0.2) is 0 Å². The van der Waals surface area contributed by atoms with Crippen molar-refractivity contribution < 1.29 is 0 Å². The van der Waals surface area contributed by atoms with E-state index in [1.54, 1.807) is 0 Å². The molecule has 3 nitrogen and oxygen atoms in total. The molecule has 1 aliphatic carbocycles. The maximum atomic E-state index is 4.55. The highest BCUT2D eigenvalue weighted by Crippen LogP contribution is 2.36. The van der Waals surface area contributed by atoms with Crippen LogP contribution in [-0.2, 0) is 13.0 Å². The van der Waals surface area contributed by atoms with E-state index >= 15 is 0 Å². The van der Waals surface area contributed by atoms with E-state index in [2.05, 4.69) is 22.4 Å². The molecule has 2 N–H and O–H groups in total. The van der Waals surface area contributed by atoms with Crippen LogP contribution in [0.4, 0.5) is 0 Å². The first-order chi connectivity index (χ1) is 7.34. The Kier molecular flexibility index (Phi) is 2.28. The summed E-state index contributed by atoms with van der Waals surface area (Å²) in [7, 11) is 0. The minimum absolute atomic E-state index is 0.592. The van der Waals surface area contributed by atoms with Crippen molar-refractivity contribution in [2.24, 2.45) is 0 Å².